The molecule has 2 rings (SSSR count). The summed E-state index contributed by atoms with van der Waals surface area (Å²) in [4.78, 5) is 26.8. The lowest BCUT2D eigenvalue weighted by molar-refractivity contribution is -0.121. The lowest BCUT2D eigenvalue weighted by atomic mass is 10.2. The largest absolute Gasteiger partial charge is 0.368 e. The minimum Gasteiger partial charge on any atom is -0.368 e. The first kappa shape index (κ1) is 15.6. The SMILES string of the molecule is NC(=O)c1cnc(NCCC(=O)NC2CCCC2)c(Cl)c1. The Labute approximate surface area is 128 Å². The molecule has 1 saturated carbocycles. The molecule has 6 nitrogen and oxygen atoms in total. The number of hydrogen-bond donors (Lipinski definition) is 3. The molecule has 0 atom stereocenters. The number of rotatable bonds is 6. The van der Waals surface area contributed by atoms with Crippen LogP contribution in [0.4, 0.5) is 5.82 Å². The van der Waals surface area contributed by atoms with E-state index in [0.717, 1.165) is 12.8 Å². The first-order valence-electron chi connectivity index (χ1n) is 7.05. The molecule has 4 N–H and O–H groups in total. The molecule has 1 heterocycles. The molecule has 21 heavy (non-hydrogen) atoms. The maximum atomic E-state index is 11.8. The van der Waals surface area contributed by atoms with Crippen LogP contribution < -0.4 is 16.4 Å². The van der Waals surface area contributed by atoms with Gasteiger partial charge in [-0.05, 0) is 18.9 Å². The molecule has 0 aliphatic heterocycles. The molecule has 1 aromatic heterocycles. The maximum absolute atomic E-state index is 11.8. The van der Waals surface area contributed by atoms with E-state index in [1.54, 1.807) is 0 Å². The molecule has 0 radical (unpaired) electrons. The lowest BCUT2D eigenvalue weighted by Gasteiger charge is -2.12. The number of aromatic nitrogens is 1. The van der Waals surface area contributed by atoms with Crippen molar-refractivity contribution in [2.24, 2.45) is 5.73 Å². The van der Waals surface area contributed by atoms with E-state index in [4.69, 9.17) is 17.3 Å². The fourth-order valence-electron chi connectivity index (χ4n) is 2.37. The van der Waals surface area contributed by atoms with Crippen LogP contribution in [0.15, 0.2) is 12.3 Å². The normalized spacial score (nSPS) is 14.9. The highest BCUT2D eigenvalue weighted by molar-refractivity contribution is 6.33. The van der Waals surface area contributed by atoms with Gasteiger partial charge >= 0.3 is 0 Å². The molecule has 1 aromatic rings. The third kappa shape index (κ3) is 4.60. The van der Waals surface area contributed by atoms with Crippen molar-refractivity contribution in [3.05, 3.63) is 22.8 Å². The van der Waals surface area contributed by atoms with Gasteiger partial charge in [-0.25, -0.2) is 4.98 Å². The summed E-state index contributed by atoms with van der Waals surface area (Å²) in [6.45, 7) is 0.432. The van der Waals surface area contributed by atoms with Gasteiger partial charge in [0.1, 0.15) is 5.82 Å². The van der Waals surface area contributed by atoms with Crippen molar-refractivity contribution < 1.29 is 9.59 Å². The lowest BCUT2D eigenvalue weighted by Crippen LogP contribution is -2.33. The number of carbonyl (C=O) groups is 2. The summed E-state index contributed by atoms with van der Waals surface area (Å²) < 4.78 is 0. The van der Waals surface area contributed by atoms with Gasteiger partial charge in [0.25, 0.3) is 0 Å². The van der Waals surface area contributed by atoms with Gasteiger partial charge < -0.3 is 16.4 Å². The van der Waals surface area contributed by atoms with Crippen LogP contribution in [-0.2, 0) is 4.79 Å². The van der Waals surface area contributed by atoms with Crippen molar-refractivity contribution in [3.63, 3.8) is 0 Å². The van der Waals surface area contributed by atoms with Crippen molar-refractivity contribution in [1.82, 2.24) is 10.3 Å². The molecule has 0 saturated heterocycles. The van der Waals surface area contributed by atoms with Gasteiger partial charge in [-0.2, -0.15) is 0 Å². The predicted molar refractivity (Wildman–Crippen MR) is 81.3 cm³/mol. The number of amides is 2. The van der Waals surface area contributed by atoms with Crippen LogP contribution >= 0.6 is 11.6 Å². The van der Waals surface area contributed by atoms with Crippen LogP contribution in [0, 0.1) is 0 Å². The molecule has 1 aliphatic carbocycles. The van der Waals surface area contributed by atoms with Gasteiger partial charge in [0, 0.05) is 25.2 Å². The van der Waals surface area contributed by atoms with Gasteiger partial charge in [-0.3, -0.25) is 9.59 Å². The van der Waals surface area contributed by atoms with Gasteiger partial charge in [0.2, 0.25) is 11.8 Å². The van der Waals surface area contributed by atoms with E-state index in [-0.39, 0.29) is 11.5 Å². The molecule has 1 aliphatic rings. The van der Waals surface area contributed by atoms with Crippen LogP contribution in [0.2, 0.25) is 5.02 Å². The fourth-order valence-corrected chi connectivity index (χ4v) is 2.60. The van der Waals surface area contributed by atoms with E-state index in [1.807, 2.05) is 0 Å². The number of carbonyl (C=O) groups excluding carboxylic acids is 2. The quantitative estimate of drug-likeness (QED) is 0.745. The third-order valence-corrected chi connectivity index (χ3v) is 3.78. The summed E-state index contributed by atoms with van der Waals surface area (Å²) in [5.41, 5.74) is 5.39. The number of halogens is 1. The van der Waals surface area contributed by atoms with Crippen molar-refractivity contribution >= 4 is 29.2 Å². The Kier molecular flexibility index (Phi) is 5.38. The van der Waals surface area contributed by atoms with Crippen LogP contribution in [0.1, 0.15) is 42.5 Å². The maximum Gasteiger partial charge on any atom is 0.250 e. The van der Waals surface area contributed by atoms with E-state index < -0.39 is 5.91 Å². The summed E-state index contributed by atoms with van der Waals surface area (Å²) in [5.74, 6) is -0.110. The monoisotopic (exact) mass is 310 g/mol. The highest BCUT2D eigenvalue weighted by Crippen LogP contribution is 2.20. The average Bonchev–Trinajstić information content (AvgIpc) is 2.93. The Morgan fingerprint density at radius 3 is 2.71 bits per heavy atom. The Balaban J connectivity index is 1.77. The average molecular weight is 311 g/mol. The molecule has 7 heteroatoms. The fraction of sp³-hybridized carbons (Fsp3) is 0.500. The van der Waals surface area contributed by atoms with Crippen LogP contribution in [0.25, 0.3) is 0 Å². The Bertz CT molecular complexity index is 530. The Morgan fingerprint density at radius 1 is 1.38 bits per heavy atom. The molecule has 0 spiro atoms. The molecule has 0 aromatic carbocycles. The van der Waals surface area contributed by atoms with E-state index in [2.05, 4.69) is 15.6 Å². The van der Waals surface area contributed by atoms with E-state index in [9.17, 15) is 9.59 Å². The van der Waals surface area contributed by atoms with Crippen LogP contribution in [-0.4, -0.2) is 29.4 Å². The van der Waals surface area contributed by atoms with Crippen molar-refractivity contribution in [1.29, 1.82) is 0 Å². The standard InChI is InChI=1S/C14H19ClN4O2/c15-11-7-9(13(16)21)8-18-14(11)17-6-5-12(20)19-10-3-1-2-4-10/h7-8,10H,1-6H2,(H2,16,21)(H,17,18)(H,19,20). The highest BCUT2D eigenvalue weighted by atomic mass is 35.5. The number of nitrogens with one attached hydrogen (secondary N) is 2. The van der Waals surface area contributed by atoms with Gasteiger partial charge in [0.15, 0.2) is 0 Å². The van der Waals surface area contributed by atoms with Crippen molar-refractivity contribution in [2.75, 3.05) is 11.9 Å². The predicted octanol–water partition coefficient (Wildman–Crippen LogP) is 1.69. The second-order valence-electron chi connectivity index (χ2n) is 5.14. The van der Waals surface area contributed by atoms with E-state index in [0.29, 0.717) is 29.8 Å². The van der Waals surface area contributed by atoms with Gasteiger partial charge in [-0.1, -0.05) is 24.4 Å². The highest BCUT2D eigenvalue weighted by Gasteiger charge is 2.16. The number of nitrogens with zero attached hydrogens (tertiary/aromatic N) is 1. The first-order chi connectivity index (χ1) is 10.1. The zero-order valence-electron chi connectivity index (χ0n) is 11.7. The molecule has 2 amide bonds. The summed E-state index contributed by atoms with van der Waals surface area (Å²) in [6.07, 6.45) is 6.23. The summed E-state index contributed by atoms with van der Waals surface area (Å²) >= 11 is 5.99. The number of primary amides is 1. The van der Waals surface area contributed by atoms with E-state index in [1.165, 1.54) is 25.1 Å². The molecule has 1 fully saturated rings. The second kappa shape index (κ2) is 7.26. The van der Waals surface area contributed by atoms with Crippen molar-refractivity contribution in [3.8, 4) is 0 Å². The zero-order valence-corrected chi connectivity index (χ0v) is 12.4. The Morgan fingerprint density at radius 2 is 2.10 bits per heavy atom. The zero-order chi connectivity index (χ0) is 15.2. The topological polar surface area (TPSA) is 97.1 Å². The molecular formula is C14H19ClN4O2. The number of hydrogen-bond acceptors (Lipinski definition) is 4. The summed E-state index contributed by atoms with van der Waals surface area (Å²) in [7, 11) is 0. The molecule has 0 unspecified atom stereocenters. The minimum atomic E-state index is -0.577. The van der Waals surface area contributed by atoms with Crippen molar-refractivity contribution in [2.45, 2.75) is 38.1 Å². The third-order valence-electron chi connectivity index (χ3n) is 3.49. The molecule has 0 bridgehead atoms. The second-order valence-corrected chi connectivity index (χ2v) is 5.55. The minimum absolute atomic E-state index is 0.0271. The smallest absolute Gasteiger partial charge is 0.250 e. The summed E-state index contributed by atoms with van der Waals surface area (Å²) in [6, 6.07) is 1.78. The van der Waals surface area contributed by atoms with Crippen LogP contribution in [0.3, 0.4) is 0 Å². The van der Waals surface area contributed by atoms with E-state index >= 15 is 0 Å². The Hall–Kier alpha value is -1.82. The number of anilines is 1. The number of nitrogens with two attached hydrogens (primary N) is 1. The molecule has 114 valence electrons. The van der Waals surface area contributed by atoms with Gasteiger partial charge in [0.05, 0.1) is 10.6 Å². The first-order valence-corrected chi connectivity index (χ1v) is 7.42. The van der Waals surface area contributed by atoms with Crippen LogP contribution in [0.5, 0.6) is 0 Å². The number of pyridine rings is 1. The van der Waals surface area contributed by atoms with Gasteiger partial charge in [-0.15, -0.1) is 0 Å². The molecular weight excluding hydrogens is 292 g/mol. The summed E-state index contributed by atoms with van der Waals surface area (Å²) in [5, 5.41) is 6.30.